The Bertz CT molecular complexity index is 562. The maximum Gasteiger partial charge on any atom is 0.228 e. The number of amides is 1. The minimum absolute atomic E-state index is 0.0331. The molecule has 0 aliphatic carbocycles. The van der Waals surface area contributed by atoms with E-state index in [-0.39, 0.29) is 11.9 Å². The van der Waals surface area contributed by atoms with Crippen LogP contribution in [-0.4, -0.2) is 10.8 Å². The first kappa shape index (κ1) is 15.4. The van der Waals surface area contributed by atoms with Crippen molar-refractivity contribution < 1.29 is 4.79 Å². The molecular formula is C19H23NO. The van der Waals surface area contributed by atoms with Crippen molar-refractivity contribution in [2.75, 3.05) is 0 Å². The number of allylic oxidation sites excluding steroid dienone is 2. The largest absolute Gasteiger partial charge is 0.298 e. The summed E-state index contributed by atoms with van der Waals surface area (Å²) in [6.07, 6.45) is 6.64. The Morgan fingerprint density at radius 1 is 1.29 bits per heavy atom. The molecular weight excluding hydrogens is 258 g/mol. The van der Waals surface area contributed by atoms with Crippen molar-refractivity contribution in [1.29, 1.82) is 0 Å². The van der Waals surface area contributed by atoms with Gasteiger partial charge in [-0.25, -0.2) is 0 Å². The van der Waals surface area contributed by atoms with Crippen molar-refractivity contribution in [3.05, 3.63) is 47.7 Å². The van der Waals surface area contributed by atoms with Crippen LogP contribution < -0.4 is 0 Å². The molecule has 1 aromatic carbocycles. The van der Waals surface area contributed by atoms with Gasteiger partial charge in [0.15, 0.2) is 0 Å². The SMILES string of the molecule is CCCCC#CC1=CCCC(=O)N1C(C)c1ccccc1. The number of hydrogen-bond donors (Lipinski definition) is 0. The zero-order chi connectivity index (χ0) is 15.1. The first-order valence-electron chi connectivity index (χ1n) is 7.80. The number of hydrogen-bond acceptors (Lipinski definition) is 1. The molecule has 0 spiro atoms. The van der Waals surface area contributed by atoms with Gasteiger partial charge in [-0.2, -0.15) is 0 Å². The summed E-state index contributed by atoms with van der Waals surface area (Å²) in [6.45, 7) is 4.23. The molecule has 0 aromatic heterocycles. The Morgan fingerprint density at radius 3 is 2.76 bits per heavy atom. The quantitative estimate of drug-likeness (QED) is 0.590. The summed E-state index contributed by atoms with van der Waals surface area (Å²) < 4.78 is 0. The zero-order valence-electron chi connectivity index (χ0n) is 12.9. The Balaban J connectivity index is 2.20. The van der Waals surface area contributed by atoms with Crippen LogP contribution in [0.2, 0.25) is 0 Å². The van der Waals surface area contributed by atoms with Gasteiger partial charge in [0.25, 0.3) is 0 Å². The third-order valence-corrected chi connectivity index (χ3v) is 3.77. The molecule has 1 aromatic rings. The average molecular weight is 281 g/mol. The standard InChI is InChI=1S/C19H23NO/c1-3-4-5-9-13-18-14-10-15-19(21)20(18)16(2)17-11-7-6-8-12-17/h6-8,11-12,14,16H,3-5,10,15H2,1-2H3. The molecule has 0 saturated heterocycles. The molecule has 2 nitrogen and oxygen atoms in total. The van der Waals surface area contributed by atoms with E-state index in [9.17, 15) is 4.79 Å². The van der Waals surface area contributed by atoms with Gasteiger partial charge in [-0.1, -0.05) is 55.7 Å². The van der Waals surface area contributed by atoms with Crippen LogP contribution in [0.4, 0.5) is 0 Å². The van der Waals surface area contributed by atoms with E-state index in [1.54, 1.807) is 0 Å². The van der Waals surface area contributed by atoms with Gasteiger partial charge in [0, 0.05) is 12.8 Å². The van der Waals surface area contributed by atoms with Crippen LogP contribution in [0.25, 0.3) is 0 Å². The minimum Gasteiger partial charge on any atom is -0.298 e. The van der Waals surface area contributed by atoms with E-state index < -0.39 is 0 Å². The number of rotatable bonds is 4. The van der Waals surface area contributed by atoms with Gasteiger partial charge in [0.1, 0.15) is 0 Å². The first-order chi connectivity index (χ1) is 10.2. The fourth-order valence-electron chi connectivity index (χ4n) is 2.52. The highest BCUT2D eigenvalue weighted by Crippen LogP contribution is 2.28. The highest BCUT2D eigenvalue weighted by Gasteiger charge is 2.26. The lowest BCUT2D eigenvalue weighted by atomic mass is 10.0. The summed E-state index contributed by atoms with van der Waals surface area (Å²) in [5, 5.41) is 0. The number of nitrogens with zero attached hydrogens (tertiary/aromatic N) is 1. The van der Waals surface area contributed by atoms with Gasteiger partial charge in [-0.05, 0) is 31.2 Å². The van der Waals surface area contributed by atoms with Crippen LogP contribution in [0, 0.1) is 11.8 Å². The summed E-state index contributed by atoms with van der Waals surface area (Å²) in [4.78, 5) is 14.2. The van der Waals surface area contributed by atoms with Crippen molar-refractivity contribution in [3.63, 3.8) is 0 Å². The topological polar surface area (TPSA) is 20.3 Å². The lowest BCUT2D eigenvalue weighted by Crippen LogP contribution is -2.34. The van der Waals surface area contributed by atoms with Crippen LogP contribution >= 0.6 is 0 Å². The van der Waals surface area contributed by atoms with Crippen LogP contribution in [0.1, 0.15) is 57.6 Å². The van der Waals surface area contributed by atoms with Gasteiger partial charge in [-0.3, -0.25) is 9.69 Å². The predicted octanol–water partition coefficient (Wildman–Crippen LogP) is 4.45. The first-order valence-corrected chi connectivity index (χ1v) is 7.80. The number of benzene rings is 1. The van der Waals surface area contributed by atoms with Crippen LogP contribution in [0.5, 0.6) is 0 Å². The molecule has 1 heterocycles. The molecule has 0 radical (unpaired) electrons. The van der Waals surface area contributed by atoms with Gasteiger partial charge in [-0.15, -0.1) is 0 Å². The van der Waals surface area contributed by atoms with Crippen molar-refractivity contribution in [3.8, 4) is 11.8 Å². The highest BCUT2D eigenvalue weighted by atomic mass is 16.2. The molecule has 0 bridgehead atoms. The Labute approximate surface area is 127 Å². The smallest absolute Gasteiger partial charge is 0.228 e. The molecule has 21 heavy (non-hydrogen) atoms. The summed E-state index contributed by atoms with van der Waals surface area (Å²) >= 11 is 0. The van der Waals surface area contributed by atoms with Crippen molar-refractivity contribution in [2.45, 2.75) is 52.0 Å². The third kappa shape index (κ3) is 3.98. The lowest BCUT2D eigenvalue weighted by Gasteiger charge is -2.32. The van der Waals surface area contributed by atoms with E-state index in [0.717, 1.165) is 36.9 Å². The Kier molecular flexibility index (Phi) is 5.63. The number of carbonyl (C=O) groups is 1. The molecule has 0 saturated carbocycles. The average Bonchev–Trinajstić information content (AvgIpc) is 2.52. The second-order valence-corrected chi connectivity index (χ2v) is 5.38. The fraction of sp³-hybridized carbons (Fsp3) is 0.421. The van der Waals surface area contributed by atoms with E-state index in [4.69, 9.17) is 0 Å². The maximum atomic E-state index is 12.3. The second kappa shape index (κ2) is 7.69. The molecule has 1 atom stereocenters. The Morgan fingerprint density at radius 2 is 2.05 bits per heavy atom. The molecule has 1 amide bonds. The van der Waals surface area contributed by atoms with Crippen LogP contribution in [-0.2, 0) is 4.79 Å². The van der Waals surface area contributed by atoms with Crippen LogP contribution in [0.3, 0.4) is 0 Å². The highest BCUT2D eigenvalue weighted by molar-refractivity contribution is 5.81. The molecule has 1 unspecified atom stereocenters. The number of carbonyl (C=O) groups excluding carboxylic acids is 1. The van der Waals surface area contributed by atoms with E-state index in [0.29, 0.717) is 6.42 Å². The zero-order valence-corrected chi connectivity index (χ0v) is 12.9. The summed E-state index contributed by atoms with van der Waals surface area (Å²) in [6, 6.07) is 10.2. The second-order valence-electron chi connectivity index (χ2n) is 5.38. The molecule has 1 aliphatic rings. The fourth-order valence-corrected chi connectivity index (χ4v) is 2.52. The van der Waals surface area contributed by atoms with Crippen molar-refractivity contribution >= 4 is 5.91 Å². The van der Waals surface area contributed by atoms with E-state index in [2.05, 4.69) is 43.9 Å². The van der Waals surface area contributed by atoms with E-state index in [1.807, 2.05) is 23.1 Å². The molecule has 110 valence electrons. The van der Waals surface area contributed by atoms with E-state index >= 15 is 0 Å². The third-order valence-electron chi connectivity index (χ3n) is 3.77. The predicted molar refractivity (Wildman–Crippen MR) is 86.3 cm³/mol. The molecule has 0 N–H and O–H groups in total. The summed E-state index contributed by atoms with van der Waals surface area (Å²) in [5.41, 5.74) is 2.02. The molecule has 1 aliphatic heterocycles. The lowest BCUT2D eigenvalue weighted by molar-refractivity contribution is -0.131. The normalized spacial score (nSPS) is 16.0. The van der Waals surface area contributed by atoms with Crippen molar-refractivity contribution in [1.82, 2.24) is 4.90 Å². The van der Waals surface area contributed by atoms with Crippen LogP contribution in [0.15, 0.2) is 42.1 Å². The van der Waals surface area contributed by atoms with Gasteiger partial charge >= 0.3 is 0 Å². The van der Waals surface area contributed by atoms with Gasteiger partial charge in [0.05, 0.1) is 11.7 Å². The summed E-state index contributed by atoms with van der Waals surface area (Å²) in [7, 11) is 0. The molecule has 2 heteroatoms. The molecule has 2 rings (SSSR count). The van der Waals surface area contributed by atoms with Crippen molar-refractivity contribution in [2.24, 2.45) is 0 Å². The van der Waals surface area contributed by atoms with E-state index in [1.165, 1.54) is 0 Å². The Hall–Kier alpha value is -2.01. The van der Waals surface area contributed by atoms with Gasteiger partial charge < -0.3 is 0 Å². The van der Waals surface area contributed by atoms with Gasteiger partial charge in [0.2, 0.25) is 5.91 Å². The monoisotopic (exact) mass is 281 g/mol. The minimum atomic E-state index is 0.0331. The summed E-state index contributed by atoms with van der Waals surface area (Å²) in [5.74, 6) is 6.58. The number of unbranched alkanes of at least 4 members (excludes halogenated alkanes) is 2. The maximum absolute atomic E-state index is 12.3. The molecule has 0 fully saturated rings.